The first kappa shape index (κ1) is 11.9. The highest BCUT2D eigenvalue weighted by atomic mass is 35.5. The van der Waals surface area contributed by atoms with Crippen molar-refractivity contribution in [1.29, 1.82) is 0 Å². The van der Waals surface area contributed by atoms with Crippen LogP contribution in [0.3, 0.4) is 0 Å². The number of nitrogens with zero attached hydrogens (tertiary/aromatic N) is 2. The number of aromatic nitrogens is 2. The Bertz CT molecular complexity index is 459. The van der Waals surface area contributed by atoms with E-state index in [9.17, 15) is 0 Å². The minimum absolute atomic E-state index is 0.751. The second-order valence-electron chi connectivity index (χ2n) is 3.06. The standard InChI is InChI=1S/C10H10ClN3S2/c1-12-5-7-8(11)3-2-4-9(7)15-10-13-6-14-16-10/h2-4,6,12H,5H2,1H3. The Balaban J connectivity index is 2.29. The first-order chi connectivity index (χ1) is 7.81. The normalized spacial score (nSPS) is 10.6. The summed E-state index contributed by atoms with van der Waals surface area (Å²) in [6.07, 6.45) is 1.56. The third kappa shape index (κ3) is 2.74. The molecule has 16 heavy (non-hydrogen) atoms. The number of hydrogen-bond donors (Lipinski definition) is 1. The van der Waals surface area contributed by atoms with Crippen molar-refractivity contribution in [3.8, 4) is 0 Å². The van der Waals surface area contributed by atoms with E-state index in [1.807, 2.05) is 25.2 Å². The van der Waals surface area contributed by atoms with Gasteiger partial charge in [-0.15, -0.1) is 0 Å². The van der Waals surface area contributed by atoms with E-state index in [4.69, 9.17) is 11.6 Å². The monoisotopic (exact) mass is 271 g/mol. The molecule has 0 aliphatic heterocycles. The van der Waals surface area contributed by atoms with Gasteiger partial charge in [-0.2, -0.15) is 4.37 Å². The molecule has 0 saturated heterocycles. The van der Waals surface area contributed by atoms with Crippen molar-refractivity contribution >= 4 is 34.9 Å². The first-order valence-electron chi connectivity index (χ1n) is 4.68. The predicted molar refractivity (Wildman–Crippen MR) is 68.2 cm³/mol. The molecule has 1 aromatic heterocycles. The fourth-order valence-electron chi connectivity index (χ4n) is 1.28. The van der Waals surface area contributed by atoms with E-state index < -0.39 is 0 Å². The number of rotatable bonds is 4. The summed E-state index contributed by atoms with van der Waals surface area (Å²) in [5.41, 5.74) is 1.10. The van der Waals surface area contributed by atoms with Gasteiger partial charge in [0, 0.05) is 16.5 Å². The molecular weight excluding hydrogens is 262 g/mol. The van der Waals surface area contributed by atoms with Gasteiger partial charge in [-0.25, -0.2) is 4.98 Å². The molecule has 1 N–H and O–H groups in total. The maximum Gasteiger partial charge on any atom is 0.174 e. The van der Waals surface area contributed by atoms with Crippen LogP contribution in [-0.2, 0) is 6.54 Å². The molecule has 0 aliphatic rings. The molecule has 1 aromatic carbocycles. The van der Waals surface area contributed by atoms with Crippen molar-refractivity contribution in [2.75, 3.05) is 7.05 Å². The van der Waals surface area contributed by atoms with Crippen LogP contribution in [0.1, 0.15) is 5.56 Å². The number of hydrogen-bond acceptors (Lipinski definition) is 5. The predicted octanol–water partition coefficient (Wildman–Crippen LogP) is 3.06. The highest BCUT2D eigenvalue weighted by molar-refractivity contribution is 8.01. The van der Waals surface area contributed by atoms with E-state index in [1.165, 1.54) is 11.5 Å². The van der Waals surface area contributed by atoms with Gasteiger partial charge in [-0.3, -0.25) is 0 Å². The zero-order chi connectivity index (χ0) is 11.4. The van der Waals surface area contributed by atoms with Gasteiger partial charge in [0.2, 0.25) is 0 Å². The number of nitrogens with one attached hydrogen (secondary N) is 1. The molecule has 6 heteroatoms. The van der Waals surface area contributed by atoms with Gasteiger partial charge in [0.25, 0.3) is 0 Å². The zero-order valence-electron chi connectivity index (χ0n) is 8.61. The highest BCUT2D eigenvalue weighted by Crippen LogP contribution is 2.33. The quantitative estimate of drug-likeness (QED) is 0.928. The lowest BCUT2D eigenvalue weighted by molar-refractivity contribution is 0.803. The van der Waals surface area contributed by atoms with Crippen LogP contribution in [0, 0.1) is 0 Å². The number of halogens is 1. The van der Waals surface area contributed by atoms with Crippen LogP contribution in [-0.4, -0.2) is 16.4 Å². The molecule has 0 radical (unpaired) electrons. The third-order valence-corrected chi connectivity index (χ3v) is 4.14. The Morgan fingerprint density at radius 2 is 2.38 bits per heavy atom. The lowest BCUT2D eigenvalue weighted by atomic mass is 10.2. The van der Waals surface area contributed by atoms with Gasteiger partial charge < -0.3 is 5.32 Å². The molecule has 1 heterocycles. The smallest absolute Gasteiger partial charge is 0.174 e. The van der Waals surface area contributed by atoms with Crippen LogP contribution in [0.25, 0.3) is 0 Å². The summed E-state index contributed by atoms with van der Waals surface area (Å²) >= 11 is 9.15. The Hall–Kier alpha value is -0.620. The summed E-state index contributed by atoms with van der Waals surface area (Å²) in [6, 6.07) is 5.90. The molecular formula is C10H10ClN3S2. The topological polar surface area (TPSA) is 37.8 Å². The number of benzene rings is 1. The van der Waals surface area contributed by atoms with Crippen molar-refractivity contribution in [1.82, 2.24) is 14.7 Å². The van der Waals surface area contributed by atoms with E-state index in [2.05, 4.69) is 14.7 Å². The third-order valence-electron chi connectivity index (χ3n) is 1.97. The van der Waals surface area contributed by atoms with E-state index in [0.717, 1.165) is 26.4 Å². The Kier molecular flexibility index (Phi) is 4.17. The molecule has 84 valence electrons. The molecule has 2 aromatic rings. The van der Waals surface area contributed by atoms with Crippen molar-refractivity contribution in [2.45, 2.75) is 15.8 Å². The SMILES string of the molecule is CNCc1c(Cl)cccc1Sc1ncns1. The van der Waals surface area contributed by atoms with Crippen LogP contribution in [0.5, 0.6) is 0 Å². The van der Waals surface area contributed by atoms with Crippen LogP contribution in [0.4, 0.5) is 0 Å². The van der Waals surface area contributed by atoms with Crippen molar-refractivity contribution in [3.63, 3.8) is 0 Å². The van der Waals surface area contributed by atoms with Crippen molar-refractivity contribution in [2.24, 2.45) is 0 Å². The second-order valence-corrected chi connectivity index (χ2v) is 5.53. The maximum atomic E-state index is 6.16. The molecule has 0 unspecified atom stereocenters. The largest absolute Gasteiger partial charge is 0.316 e. The Labute approximate surface area is 107 Å². The minimum Gasteiger partial charge on any atom is -0.316 e. The van der Waals surface area contributed by atoms with Crippen molar-refractivity contribution < 1.29 is 0 Å². The van der Waals surface area contributed by atoms with Gasteiger partial charge in [0.15, 0.2) is 4.34 Å². The molecule has 0 aliphatic carbocycles. The van der Waals surface area contributed by atoms with Crippen LogP contribution in [0.2, 0.25) is 5.02 Å². The fourth-order valence-corrected chi connectivity index (χ4v) is 3.15. The Morgan fingerprint density at radius 3 is 3.06 bits per heavy atom. The average molecular weight is 272 g/mol. The molecule has 0 spiro atoms. The highest BCUT2D eigenvalue weighted by Gasteiger charge is 2.09. The van der Waals surface area contributed by atoms with E-state index in [1.54, 1.807) is 18.1 Å². The molecule has 0 atom stereocenters. The maximum absolute atomic E-state index is 6.16. The molecule has 0 bridgehead atoms. The summed E-state index contributed by atoms with van der Waals surface area (Å²) in [5.74, 6) is 0. The van der Waals surface area contributed by atoms with E-state index in [0.29, 0.717) is 0 Å². The van der Waals surface area contributed by atoms with Crippen LogP contribution < -0.4 is 5.32 Å². The second kappa shape index (κ2) is 5.63. The van der Waals surface area contributed by atoms with Gasteiger partial charge in [-0.1, -0.05) is 29.4 Å². The van der Waals surface area contributed by atoms with Crippen LogP contribution in [0.15, 0.2) is 33.8 Å². The van der Waals surface area contributed by atoms with Gasteiger partial charge in [0.1, 0.15) is 6.33 Å². The van der Waals surface area contributed by atoms with Gasteiger partial charge in [-0.05, 0) is 36.3 Å². The summed E-state index contributed by atoms with van der Waals surface area (Å²) in [6.45, 7) is 0.751. The van der Waals surface area contributed by atoms with Gasteiger partial charge >= 0.3 is 0 Å². The van der Waals surface area contributed by atoms with Crippen LogP contribution >= 0.6 is 34.9 Å². The average Bonchev–Trinajstić information content (AvgIpc) is 2.76. The first-order valence-corrected chi connectivity index (χ1v) is 6.64. The molecule has 0 amide bonds. The summed E-state index contributed by atoms with van der Waals surface area (Å²) in [5, 5.41) is 3.90. The zero-order valence-corrected chi connectivity index (χ0v) is 11.0. The minimum atomic E-state index is 0.751. The molecule has 2 rings (SSSR count). The lowest BCUT2D eigenvalue weighted by Gasteiger charge is -2.08. The summed E-state index contributed by atoms with van der Waals surface area (Å²) < 4.78 is 4.91. The fraction of sp³-hybridized carbons (Fsp3) is 0.200. The van der Waals surface area contributed by atoms with Gasteiger partial charge in [0.05, 0.1) is 0 Å². The van der Waals surface area contributed by atoms with E-state index >= 15 is 0 Å². The molecule has 0 fully saturated rings. The summed E-state index contributed by atoms with van der Waals surface area (Å²) in [7, 11) is 1.91. The van der Waals surface area contributed by atoms with E-state index in [-0.39, 0.29) is 0 Å². The molecule has 3 nitrogen and oxygen atoms in total. The Morgan fingerprint density at radius 1 is 1.50 bits per heavy atom. The summed E-state index contributed by atoms with van der Waals surface area (Å²) in [4.78, 5) is 5.27. The molecule has 0 saturated carbocycles. The van der Waals surface area contributed by atoms with Crippen molar-refractivity contribution in [3.05, 3.63) is 35.1 Å². The lowest BCUT2D eigenvalue weighted by Crippen LogP contribution is -2.06.